The molecule has 0 aromatic carbocycles. The molecule has 0 aliphatic heterocycles. The highest BCUT2D eigenvalue weighted by molar-refractivity contribution is 5.84. The number of rotatable bonds is 4. The second-order valence-corrected chi connectivity index (χ2v) is 4.19. The number of amides is 1. The maximum absolute atomic E-state index is 11.7. The first-order valence-electron chi connectivity index (χ1n) is 5.62. The van der Waals surface area contributed by atoms with Gasteiger partial charge in [0.15, 0.2) is 0 Å². The quantitative estimate of drug-likeness (QED) is 0.810. The highest BCUT2D eigenvalue weighted by atomic mass is 16.2. The average Bonchev–Trinajstić information content (AvgIpc) is 3.14. The largest absolute Gasteiger partial charge is 0.359 e. The molecule has 1 aliphatic rings. The molecule has 1 saturated carbocycles. The van der Waals surface area contributed by atoms with Gasteiger partial charge in [-0.15, -0.1) is 0 Å². The maximum atomic E-state index is 11.7. The molecule has 88 valence electrons. The minimum Gasteiger partial charge on any atom is -0.359 e. The molecule has 1 atom stereocenters. The predicted molar refractivity (Wildman–Crippen MR) is 63.2 cm³/mol. The third kappa shape index (κ3) is 3.18. The molecule has 0 spiro atoms. The highest BCUT2D eigenvalue weighted by Gasteiger charge is 2.25. The first-order chi connectivity index (χ1) is 8.19. The number of carbonyl (C=O) groups is 1. The van der Waals surface area contributed by atoms with Crippen molar-refractivity contribution in [3.05, 3.63) is 23.9 Å². The molecule has 1 aromatic rings. The summed E-state index contributed by atoms with van der Waals surface area (Å²) in [7, 11) is 0. The summed E-state index contributed by atoms with van der Waals surface area (Å²) < 4.78 is 0. The molecule has 1 aliphatic carbocycles. The molecule has 2 N–H and O–H groups in total. The van der Waals surface area contributed by atoms with Crippen LogP contribution in [0.3, 0.4) is 0 Å². The van der Waals surface area contributed by atoms with E-state index in [1.54, 1.807) is 19.1 Å². The summed E-state index contributed by atoms with van der Waals surface area (Å²) in [6, 6.07) is 5.40. The van der Waals surface area contributed by atoms with Crippen molar-refractivity contribution in [2.24, 2.45) is 0 Å². The zero-order chi connectivity index (χ0) is 12.3. The Morgan fingerprint density at radius 2 is 2.35 bits per heavy atom. The number of anilines is 1. The van der Waals surface area contributed by atoms with Gasteiger partial charge in [-0.2, -0.15) is 5.26 Å². The number of carbonyl (C=O) groups excluding carboxylic acids is 1. The first-order valence-corrected chi connectivity index (χ1v) is 5.62. The lowest BCUT2D eigenvalue weighted by atomic mass is 10.3. The van der Waals surface area contributed by atoms with E-state index >= 15 is 0 Å². The van der Waals surface area contributed by atoms with Crippen molar-refractivity contribution in [1.82, 2.24) is 10.3 Å². The molecule has 5 nitrogen and oxygen atoms in total. The van der Waals surface area contributed by atoms with E-state index in [9.17, 15) is 4.79 Å². The van der Waals surface area contributed by atoms with Crippen molar-refractivity contribution in [2.45, 2.75) is 31.8 Å². The van der Waals surface area contributed by atoms with Gasteiger partial charge in [0.1, 0.15) is 17.9 Å². The van der Waals surface area contributed by atoms with Gasteiger partial charge in [-0.25, -0.2) is 4.98 Å². The van der Waals surface area contributed by atoms with Crippen LogP contribution in [-0.2, 0) is 4.79 Å². The molecule has 1 heterocycles. The Morgan fingerprint density at radius 3 is 2.88 bits per heavy atom. The second-order valence-electron chi connectivity index (χ2n) is 4.19. The molecule has 0 bridgehead atoms. The van der Waals surface area contributed by atoms with E-state index < -0.39 is 0 Å². The van der Waals surface area contributed by atoms with Gasteiger partial charge in [0.2, 0.25) is 5.91 Å². The van der Waals surface area contributed by atoms with Gasteiger partial charge >= 0.3 is 0 Å². The number of hydrogen-bond acceptors (Lipinski definition) is 4. The third-order valence-electron chi connectivity index (χ3n) is 2.57. The molecule has 0 saturated heterocycles. The van der Waals surface area contributed by atoms with Crippen LogP contribution in [0.4, 0.5) is 5.82 Å². The van der Waals surface area contributed by atoms with Crippen LogP contribution in [0.5, 0.6) is 0 Å². The Morgan fingerprint density at radius 1 is 1.59 bits per heavy atom. The highest BCUT2D eigenvalue weighted by Crippen LogP contribution is 2.18. The van der Waals surface area contributed by atoms with E-state index in [1.165, 1.54) is 6.20 Å². The first kappa shape index (κ1) is 11.4. The van der Waals surface area contributed by atoms with Crippen molar-refractivity contribution in [2.75, 3.05) is 5.32 Å². The Hall–Kier alpha value is -2.09. The van der Waals surface area contributed by atoms with Gasteiger partial charge in [-0.3, -0.25) is 4.79 Å². The topological polar surface area (TPSA) is 77.8 Å². The Labute approximate surface area is 99.9 Å². The lowest BCUT2D eigenvalue weighted by Crippen LogP contribution is -2.38. The molecule has 1 aromatic heterocycles. The molecular formula is C12H14N4O. The number of nitriles is 1. The fourth-order valence-electron chi connectivity index (χ4n) is 1.39. The van der Waals surface area contributed by atoms with Crippen molar-refractivity contribution >= 4 is 11.7 Å². The van der Waals surface area contributed by atoms with Crippen LogP contribution in [0.25, 0.3) is 0 Å². The van der Waals surface area contributed by atoms with Crippen LogP contribution in [0.2, 0.25) is 0 Å². The third-order valence-corrected chi connectivity index (χ3v) is 2.57. The summed E-state index contributed by atoms with van der Waals surface area (Å²) in [5.74, 6) is 0.584. The van der Waals surface area contributed by atoms with Crippen LogP contribution >= 0.6 is 0 Å². The second kappa shape index (κ2) is 4.83. The van der Waals surface area contributed by atoms with E-state index in [0.29, 0.717) is 17.4 Å². The van der Waals surface area contributed by atoms with Crippen LogP contribution in [0.1, 0.15) is 25.3 Å². The number of nitrogens with zero attached hydrogens (tertiary/aromatic N) is 2. The zero-order valence-corrected chi connectivity index (χ0v) is 9.60. The molecular weight excluding hydrogens is 216 g/mol. The molecule has 0 radical (unpaired) electrons. The van der Waals surface area contributed by atoms with Crippen molar-refractivity contribution < 1.29 is 4.79 Å². The van der Waals surface area contributed by atoms with Gasteiger partial charge in [-0.05, 0) is 31.9 Å². The fraction of sp³-hybridized carbons (Fsp3) is 0.417. The van der Waals surface area contributed by atoms with Crippen LogP contribution in [0.15, 0.2) is 18.3 Å². The minimum atomic E-state index is -0.323. The minimum absolute atomic E-state index is 0.0151. The van der Waals surface area contributed by atoms with Crippen molar-refractivity contribution in [1.29, 1.82) is 5.26 Å². The lowest BCUT2D eigenvalue weighted by molar-refractivity contribution is -0.121. The number of pyridine rings is 1. The van der Waals surface area contributed by atoms with Gasteiger partial charge in [-0.1, -0.05) is 0 Å². The zero-order valence-electron chi connectivity index (χ0n) is 9.60. The van der Waals surface area contributed by atoms with Gasteiger partial charge in [0, 0.05) is 12.2 Å². The lowest BCUT2D eigenvalue weighted by Gasteiger charge is -2.14. The molecule has 17 heavy (non-hydrogen) atoms. The molecule has 1 fully saturated rings. The van der Waals surface area contributed by atoms with Crippen LogP contribution in [-0.4, -0.2) is 23.0 Å². The molecule has 5 heteroatoms. The van der Waals surface area contributed by atoms with Gasteiger partial charge in [0.25, 0.3) is 0 Å². The average molecular weight is 230 g/mol. The smallest absolute Gasteiger partial charge is 0.242 e. The predicted octanol–water partition coefficient (Wildman–Crippen LogP) is 1.03. The summed E-state index contributed by atoms with van der Waals surface area (Å²) in [6.45, 7) is 1.79. The Kier molecular flexibility index (Phi) is 3.24. The fourth-order valence-corrected chi connectivity index (χ4v) is 1.39. The van der Waals surface area contributed by atoms with E-state index in [0.717, 1.165) is 12.8 Å². The summed E-state index contributed by atoms with van der Waals surface area (Å²) >= 11 is 0. The molecule has 1 unspecified atom stereocenters. The van der Waals surface area contributed by atoms with Crippen molar-refractivity contribution in [3.63, 3.8) is 0 Å². The normalized spacial score (nSPS) is 15.8. The molecule has 1 amide bonds. The summed E-state index contributed by atoms with van der Waals surface area (Å²) in [6.07, 6.45) is 3.63. The maximum Gasteiger partial charge on any atom is 0.242 e. The van der Waals surface area contributed by atoms with Gasteiger partial charge < -0.3 is 10.6 Å². The van der Waals surface area contributed by atoms with Crippen LogP contribution < -0.4 is 10.6 Å². The van der Waals surface area contributed by atoms with E-state index in [1.807, 2.05) is 6.07 Å². The Bertz CT molecular complexity index is 445. The molecule has 2 rings (SSSR count). The van der Waals surface area contributed by atoms with Crippen LogP contribution in [0, 0.1) is 11.3 Å². The van der Waals surface area contributed by atoms with Gasteiger partial charge in [0.05, 0.1) is 5.56 Å². The van der Waals surface area contributed by atoms with E-state index in [-0.39, 0.29) is 11.9 Å². The van der Waals surface area contributed by atoms with E-state index in [4.69, 9.17) is 5.26 Å². The standard InChI is InChI=1S/C12H14N4O/c1-8(12(17)16-10-3-4-10)15-11-5-2-9(6-13)7-14-11/h2,5,7-8,10H,3-4H2,1H3,(H,14,15)(H,16,17). The Balaban J connectivity index is 1.90. The number of hydrogen-bond donors (Lipinski definition) is 2. The van der Waals surface area contributed by atoms with Crippen molar-refractivity contribution in [3.8, 4) is 6.07 Å². The summed E-state index contributed by atoms with van der Waals surface area (Å²) in [5.41, 5.74) is 0.505. The summed E-state index contributed by atoms with van der Waals surface area (Å²) in [5, 5.41) is 14.5. The van der Waals surface area contributed by atoms with E-state index in [2.05, 4.69) is 15.6 Å². The number of aromatic nitrogens is 1. The summed E-state index contributed by atoms with van der Waals surface area (Å²) in [4.78, 5) is 15.7. The number of nitrogens with one attached hydrogen (secondary N) is 2. The monoisotopic (exact) mass is 230 g/mol. The SMILES string of the molecule is CC(Nc1ccc(C#N)cn1)C(=O)NC1CC1.